The van der Waals surface area contributed by atoms with Gasteiger partial charge in [-0.3, -0.25) is 4.79 Å². The lowest BCUT2D eigenvalue weighted by atomic mass is 9.87. The summed E-state index contributed by atoms with van der Waals surface area (Å²) in [7, 11) is 3.18. The summed E-state index contributed by atoms with van der Waals surface area (Å²) in [6, 6.07) is 5.58. The molecule has 1 aromatic rings. The van der Waals surface area contributed by atoms with Crippen LogP contribution in [0.1, 0.15) is 25.3 Å². The summed E-state index contributed by atoms with van der Waals surface area (Å²) in [5.74, 6) is 1.23. The van der Waals surface area contributed by atoms with Crippen LogP contribution in [-0.2, 0) is 4.79 Å². The molecule has 4 nitrogen and oxygen atoms in total. The average molecular weight is 277 g/mol. The molecule has 1 rings (SSSR count). The van der Waals surface area contributed by atoms with Crippen molar-refractivity contribution >= 4 is 5.91 Å². The smallest absolute Gasteiger partial charge is 0.228 e. The summed E-state index contributed by atoms with van der Waals surface area (Å²) in [5.41, 5.74) is 0.916. The molecular weight excluding hydrogens is 254 g/mol. The van der Waals surface area contributed by atoms with E-state index in [1.165, 1.54) is 0 Å². The first-order chi connectivity index (χ1) is 9.54. The Morgan fingerprint density at radius 2 is 1.95 bits per heavy atom. The third-order valence-electron chi connectivity index (χ3n) is 3.14. The van der Waals surface area contributed by atoms with Crippen molar-refractivity contribution < 1.29 is 14.3 Å². The number of nitrogens with one attached hydrogen (secondary N) is 1. The van der Waals surface area contributed by atoms with Gasteiger partial charge in [-0.05, 0) is 23.6 Å². The minimum absolute atomic E-state index is 0.00730. The molecular formula is C16H23NO3. The van der Waals surface area contributed by atoms with Crippen molar-refractivity contribution in [2.45, 2.75) is 19.8 Å². The number of hydrogen-bond donors (Lipinski definition) is 1. The molecule has 4 heteroatoms. The summed E-state index contributed by atoms with van der Waals surface area (Å²) in [6.45, 7) is 8.12. The van der Waals surface area contributed by atoms with E-state index in [9.17, 15) is 4.79 Å². The van der Waals surface area contributed by atoms with Gasteiger partial charge in [0.15, 0.2) is 11.5 Å². The minimum atomic E-state index is -0.227. The molecule has 0 bridgehead atoms. The second-order valence-electron chi connectivity index (χ2n) is 4.87. The highest BCUT2D eigenvalue weighted by Gasteiger charge is 2.24. The molecule has 1 N–H and O–H groups in total. The van der Waals surface area contributed by atoms with Crippen molar-refractivity contribution in [2.24, 2.45) is 5.92 Å². The second-order valence-corrected chi connectivity index (χ2v) is 4.87. The van der Waals surface area contributed by atoms with Crippen LogP contribution in [0.2, 0.25) is 0 Å². The van der Waals surface area contributed by atoms with Crippen molar-refractivity contribution in [2.75, 3.05) is 20.8 Å². The third kappa shape index (κ3) is 3.76. The van der Waals surface area contributed by atoms with Crippen LogP contribution in [0.4, 0.5) is 0 Å². The van der Waals surface area contributed by atoms with Gasteiger partial charge in [0.05, 0.1) is 20.1 Å². The zero-order valence-corrected chi connectivity index (χ0v) is 12.6. The highest BCUT2D eigenvalue weighted by atomic mass is 16.5. The lowest BCUT2D eigenvalue weighted by molar-refractivity contribution is -0.123. The van der Waals surface area contributed by atoms with Crippen LogP contribution in [0, 0.1) is 5.92 Å². The molecule has 0 aliphatic carbocycles. The zero-order chi connectivity index (χ0) is 15.1. The van der Waals surface area contributed by atoms with Gasteiger partial charge in [0.2, 0.25) is 5.91 Å². The largest absolute Gasteiger partial charge is 0.493 e. The first kappa shape index (κ1) is 16.1. The van der Waals surface area contributed by atoms with Crippen molar-refractivity contribution in [3.63, 3.8) is 0 Å². The van der Waals surface area contributed by atoms with Gasteiger partial charge in [-0.2, -0.15) is 0 Å². The Kier molecular flexibility index (Phi) is 6.10. The maximum absolute atomic E-state index is 12.3. The van der Waals surface area contributed by atoms with Gasteiger partial charge in [-0.15, -0.1) is 6.58 Å². The number of ether oxygens (including phenoxy) is 2. The molecule has 1 atom stereocenters. The van der Waals surface area contributed by atoms with E-state index in [1.54, 1.807) is 20.3 Å². The van der Waals surface area contributed by atoms with Crippen LogP contribution in [-0.4, -0.2) is 26.7 Å². The Labute approximate surface area is 120 Å². The van der Waals surface area contributed by atoms with E-state index in [0.29, 0.717) is 18.0 Å². The number of amides is 1. The standard InChI is InChI=1S/C16H23NO3/c1-6-9-17-16(18)15(11(2)3)12-7-8-13(19-4)14(10-12)20-5/h6-8,10-11,15H,1,9H2,2-5H3,(H,17,18). The van der Waals surface area contributed by atoms with Crippen molar-refractivity contribution in [3.05, 3.63) is 36.4 Å². The summed E-state index contributed by atoms with van der Waals surface area (Å²) in [5, 5.41) is 2.85. The van der Waals surface area contributed by atoms with Crippen molar-refractivity contribution in [1.29, 1.82) is 0 Å². The predicted molar refractivity (Wildman–Crippen MR) is 80.3 cm³/mol. The lowest BCUT2D eigenvalue weighted by Gasteiger charge is -2.21. The fraction of sp³-hybridized carbons (Fsp3) is 0.438. The molecule has 1 unspecified atom stereocenters. The molecule has 0 aliphatic heterocycles. The molecule has 0 aromatic heterocycles. The number of carbonyl (C=O) groups is 1. The number of methoxy groups -OCH3 is 2. The third-order valence-corrected chi connectivity index (χ3v) is 3.14. The van der Waals surface area contributed by atoms with E-state index in [-0.39, 0.29) is 17.7 Å². The summed E-state index contributed by atoms with van der Waals surface area (Å²) in [4.78, 5) is 12.3. The molecule has 1 aromatic carbocycles. The van der Waals surface area contributed by atoms with E-state index < -0.39 is 0 Å². The van der Waals surface area contributed by atoms with E-state index in [0.717, 1.165) is 5.56 Å². The number of rotatable bonds is 7. The van der Waals surface area contributed by atoms with Crippen LogP contribution in [0.5, 0.6) is 11.5 Å². The quantitative estimate of drug-likeness (QED) is 0.780. The minimum Gasteiger partial charge on any atom is -0.493 e. The van der Waals surface area contributed by atoms with Gasteiger partial charge >= 0.3 is 0 Å². The molecule has 0 spiro atoms. The van der Waals surface area contributed by atoms with E-state index in [1.807, 2.05) is 32.0 Å². The van der Waals surface area contributed by atoms with E-state index in [2.05, 4.69) is 11.9 Å². The van der Waals surface area contributed by atoms with Crippen LogP contribution >= 0.6 is 0 Å². The van der Waals surface area contributed by atoms with Gasteiger partial charge < -0.3 is 14.8 Å². The molecule has 0 radical (unpaired) electrons. The Balaban J connectivity index is 3.08. The lowest BCUT2D eigenvalue weighted by Crippen LogP contribution is -2.32. The highest BCUT2D eigenvalue weighted by molar-refractivity contribution is 5.84. The fourth-order valence-corrected chi connectivity index (χ4v) is 2.17. The number of benzene rings is 1. The van der Waals surface area contributed by atoms with Crippen LogP contribution < -0.4 is 14.8 Å². The second kappa shape index (κ2) is 7.58. The summed E-state index contributed by atoms with van der Waals surface area (Å²) >= 11 is 0. The Morgan fingerprint density at radius 1 is 1.30 bits per heavy atom. The topological polar surface area (TPSA) is 47.6 Å². The first-order valence-electron chi connectivity index (χ1n) is 6.65. The SMILES string of the molecule is C=CCNC(=O)C(c1ccc(OC)c(OC)c1)C(C)C. The molecule has 0 heterocycles. The molecule has 1 amide bonds. The predicted octanol–water partition coefficient (Wildman–Crippen LogP) is 2.75. The number of carbonyl (C=O) groups excluding carboxylic acids is 1. The highest BCUT2D eigenvalue weighted by Crippen LogP contribution is 2.33. The summed E-state index contributed by atoms with van der Waals surface area (Å²) in [6.07, 6.45) is 1.67. The first-order valence-corrected chi connectivity index (χ1v) is 6.65. The maximum atomic E-state index is 12.3. The van der Waals surface area contributed by atoms with Crippen LogP contribution in [0.25, 0.3) is 0 Å². The monoisotopic (exact) mass is 277 g/mol. The zero-order valence-electron chi connectivity index (χ0n) is 12.6. The molecule has 0 saturated heterocycles. The molecule has 110 valence electrons. The maximum Gasteiger partial charge on any atom is 0.228 e. The van der Waals surface area contributed by atoms with E-state index >= 15 is 0 Å². The molecule has 0 saturated carbocycles. The van der Waals surface area contributed by atoms with Gasteiger partial charge in [0.1, 0.15) is 0 Å². The van der Waals surface area contributed by atoms with Gasteiger partial charge in [-0.25, -0.2) is 0 Å². The van der Waals surface area contributed by atoms with Crippen LogP contribution in [0.15, 0.2) is 30.9 Å². The van der Waals surface area contributed by atoms with Crippen molar-refractivity contribution in [1.82, 2.24) is 5.32 Å². The van der Waals surface area contributed by atoms with Gasteiger partial charge in [-0.1, -0.05) is 26.0 Å². The Hall–Kier alpha value is -1.97. The molecule has 0 aliphatic rings. The summed E-state index contributed by atoms with van der Waals surface area (Å²) < 4.78 is 10.5. The van der Waals surface area contributed by atoms with Crippen LogP contribution in [0.3, 0.4) is 0 Å². The van der Waals surface area contributed by atoms with Gasteiger partial charge in [0, 0.05) is 6.54 Å². The Bertz CT molecular complexity index is 469. The normalized spacial score (nSPS) is 11.8. The average Bonchev–Trinajstić information content (AvgIpc) is 2.44. The van der Waals surface area contributed by atoms with Gasteiger partial charge in [0.25, 0.3) is 0 Å². The number of hydrogen-bond acceptors (Lipinski definition) is 3. The Morgan fingerprint density at radius 3 is 2.45 bits per heavy atom. The molecule has 0 fully saturated rings. The molecule has 20 heavy (non-hydrogen) atoms. The van der Waals surface area contributed by atoms with Crippen molar-refractivity contribution in [3.8, 4) is 11.5 Å². The fourth-order valence-electron chi connectivity index (χ4n) is 2.17. The van der Waals surface area contributed by atoms with E-state index in [4.69, 9.17) is 9.47 Å².